The number of hydrogen-bond donors (Lipinski definition) is 4. The van der Waals surface area contributed by atoms with Gasteiger partial charge >= 0.3 is 10.4 Å². The number of halogens is 2. The zero-order chi connectivity index (χ0) is 33.2. The maximum Gasteiger partial charge on any atom is 0.397 e. The first kappa shape index (κ1) is 32.9. The number of benzene rings is 4. The molecule has 1 aromatic heterocycles. The molecule has 0 atom stereocenters. The van der Waals surface area contributed by atoms with Gasteiger partial charge in [0, 0.05) is 16.6 Å². The number of aromatic nitrogens is 2. The van der Waals surface area contributed by atoms with Crippen LogP contribution >= 0.6 is 23.2 Å². The summed E-state index contributed by atoms with van der Waals surface area (Å²) in [6, 6.07) is 15.6. The molecule has 4 N–H and O–H groups in total. The molecule has 5 aromatic rings. The summed E-state index contributed by atoms with van der Waals surface area (Å²) in [7, 11) is -9.51. The molecule has 19 heteroatoms. The Bertz CT molecular complexity index is 2250. The van der Waals surface area contributed by atoms with Crippen molar-refractivity contribution in [2.75, 3.05) is 18.5 Å². The molecule has 1 amide bonds. The summed E-state index contributed by atoms with van der Waals surface area (Å²) in [5, 5.41) is 21.7. The van der Waals surface area contributed by atoms with Crippen molar-refractivity contribution in [3.05, 3.63) is 82.6 Å². The second kappa shape index (κ2) is 13.1. The SMILES string of the molecule is O=C(Nc1ccc2c(O)c(N=Nc3ccc(OCCOS(=O)(=O)O)cc3)c(S(=O)(=O)O)cc2c1)c1ccc2nc(Cl)c(Cl)nc2c1. The largest absolute Gasteiger partial charge is 0.505 e. The summed E-state index contributed by atoms with van der Waals surface area (Å²) >= 11 is 11.8. The lowest BCUT2D eigenvalue weighted by Crippen LogP contribution is -2.12. The van der Waals surface area contributed by atoms with E-state index < -0.39 is 49.4 Å². The van der Waals surface area contributed by atoms with Crippen LogP contribution in [-0.4, -0.2) is 60.1 Å². The van der Waals surface area contributed by atoms with Crippen LogP contribution in [0.25, 0.3) is 21.8 Å². The Kier molecular flexibility index (Phi) is 9.36. The number of carbonyl (C=O) groups is 1. The van der Waals surface area contributed by atoms with Gasteiger partial charge in [-0.25, -0.2) is 14.2 Å². The number of nitrogens with zero attached hydrogens (tertiary/aromatic N) is 4. The quantitative estimate of drug-likeness (QED) is 0.0755. The van der Waals surface area contributed by atoms with Gasteiger partial charge in [-0.05, 0) is 72.1 Å². The molecule has 5 rings (SSSR count). The molecule has 0 aliphatic carbocycles. The van der Waals surface area contributed by atoms with Crippen LogP contribution in [0.1, 0.15) is 10.4 Å². The van der Waals surface area contributed by atoms with Gasteiger partial charge in [0.05, 0.1) is 16.7 Å². The lowest BCUT2D eigenvalue weighted by atomic mass is 10.1. The molecule has 0 unspecified atom stereocenters. The molecule has 0 aliphatic heterocycles. The highest BCUT2D eigenvalue weighted by molar-refractivity contribution is 7.86. The number of anilines is 1. The fourth-order valence-electron chi connectivity index (χ4n) is 4.09. The minimum Gasteiger partial charge on any atom is -0.505 e. The summed E-state index contributed by atoms with van der Waals surface area (Å²) in [6.07, 6.45) is 0. The van der Waals surface area contributed by atoms with Crippen LogP contribution in [0.5, 0.6) is 11.5 Å². The molecule has 0 radical (unpaired) electrons. The summed E-state index contributed by atoms with van der Waals surface area (Å²) in [6.45, 7) is -0.627. The predicted octanol–water partition coefficient (Wildman–Crippen LogP) is 5.91. The Morgan fingerprint density at radius 3 is 2.22 bits per heavy atom. The molecule has 46 heavy (non-hydrogen) atoms. The van der Waals surface area contributed by atoms with Crippen LogP contribution in [-0.2, 0) is 24.7 Å². The van der Waals surface area contributed by atoms with Crippen LogP contribution in [0.2, 0.25) is 10.3 Å². The van der Waals surface area contributed by atoms with Crippen molar-refractivity contribution < 1.29 is 44.8 Å². The third-order valence-corrected chi connectivity index (χ3v) is 8.07. The Labute approximate surface area is 270 Å². The number of ether oxygens (including phenoxy) is 1. The van der Waals surface area contributed by atoms with E-state index in [1.807, 2.05) is 0 Å². The Balaban J connectivity index is 1.38. The maximum absolute atomic E-state index is 13.0. The van der Waals surface area contributed by atoms with Crippen molar-refractivity contribution in [3.63, 3.8) is 0 Å². The molecule has 238 valence electrons. The third kappa shape index (κ3) is 7.83. The second-order valence-electron chi connectivity index (χ2n) is 9.24. The van der Waals surface area contributed by atoms with E-state index in [0.717, 1.165) is 6.07 Å². The smallest absolute Gasteiger partial charge is 0.397 e. The average molecular weight is 709 g/mol. The number of fused-ring (bicyclic) bond motifs is 2. The van der Waals surface area contributed by atoms with Crippen LogP contribution in [0, 0.1) is 0 Å². The molecule has 15 nitrogen and oxygen atoms in total. The third-order valence-electron chi connectivity index (χ3n) is 6.12. The molecule has 0 spiro atoms. The molecule has 0 saturated carbocycles. The molecule has 0 aliphatic rings. The van der Waals surface area contributed by atoms with Gasteiger partial charge in [-0.3, -0.25) is 13.9 Å². The van der Waals surface area contributed by atoms with E-state index in [1.165, 1.54) is 54.6 Å². The molecule has 0 saturated heterocycles. The lowest BCUT2D eigenvalue weighted by Gasteiger charge is -2.11. The van der Waals surface area contributed by atoms with E-state index in [2.05, 4.69) is 29.7 Å². The van der Waals surface area contributed by atoms with Gasteiger partial charge in [0.2, 0.25) is 0 Å². The number of hydrogen-bond acceptors (Lipinski definition) is 12. The number of aromatic hydroxyl groups is 1. The van der Waals surface area contributed by atoms with Crippen molar-refractivity contribution in [2.45, 2.75) is 4.90 Å². The minimum absolute atomic E-state index is 0.0192. The fourth-order valence-corrected chi connectivity index (χ4v) is 5.30. The molecule has 4 aromatic carbocycles. The van der Waals surface area contributed by atoms with E-state index >= 15 is 0 Å². The highest BCUT2D eigenvalue weighted by atomic mass is 35.5. The molecule has 0 fully saturated rings. The first-order chi connectivity index (χ1) is 21.7. The molecule has 0 bridgehead atoms. The minimum atomic E-state index is -4.91. The molecular weight excluding hydrogens is 689 g/mol. The van der Waals surface area contributed by atoms with Gasteiger partial charge < -0.3 is 15.2 Å². The zero-order valence-corrected chi connectivity index (χ0v) is 26.0. The Morgan fingerprint density at radius 2 is 1.54 bits per heavy atom. The number of carbonyl (C=O) groups excluding carboxylic acids is 1. The number of phenols is 1. The molecular formula is C27H19Cl2N5O10S2. The number of phenolic OH excluding ortho intramolecular Hbond substituents is 1. The van der Waals surface area contributed by atoms with Crippen molar-refractivity contribution in [1.29, 1.82) is 0 Å². The molecule has 1 heterocycles. The first-order valence-corrected chi connectivity index (χ1v) is 16.2. The predicted molar refractivity (Wildman–Crippen MR) is 167 cm³/mol. The van der Waals surface area contributed by atoms with Crippen LogP contribution < -0.4 is 10.1 Å². The summed E-state index contributed by atoms with van der Waals surface area (Å²) < 4.78 is 73.5. The van der Waals surface area contributed by atoms with Gasteiger partial charge in [0.1, 0.15) is 29.5 Å². The highest BCUT2D eigenvalue weighted by Crippen LogP contribution is 2.42. The van der Waals surface area contributed by atoms with E-state index in [0.29, 0.717) is 11.0 Å². The van der Waals surface area contributed by atoms with Crippen LogP contribution in [0.15, 0.2) is 81.9 Å². The van der Waals surface area contributed by atoms with Crippen molar-refractivity contribution in [2.24, 2.45) is 10.2 Å². The highest BCUT2D eigenvalue weighted by Gasteiger charge is 2.22. The second-order valence-corrected chi connectivity index (χ2v) is 12.4. The Hall–Kier alpha value is -4.49. The van der Waals surface area contributed by atoms with Gasteiger partial charge in [-0.15, -0.1) is 5.11 Å². The van der Waals surface area contributed by atoms with Crippen molar-refractivity contribution >= 4 is 88.5 Å². The van der Waals surface area contributed by atoms with Crippen molar-refractivity contribution in [1.82, 2.24) is 9.97 Å². The van der Waals surface area contributed by atoms with E-state index in [9.17, 15) is 31.3 Å². The average Bonchev–Trinajstić information content (AvgIpc) is 2.98. The monoisotopic (exact) mass is 707 g/mol. The standard InChI is InChI=1S/C27H19Cl2N5O10S2/c28-25-26(29)32-21-12-14(1-8-20(21)31-25)27(36)30-17-4-7-19-15(11-17)13-22(45(37,38)39)23(24(19)35)34-33-16-2-5-18(6-3-16)43-9-10-44-46(40,41)42/h1-8,11-13,35H,9-10H2,(H,30,36)(H,37,38,39)(H,40,41,42). The van der Waals surface area contributed by atoms with E-state index in [1.54, 1.807) is 6.07 Å². The Morgan fingerprint density at radius 1 is 0.848 bits per heavy atom. The van der Waals surface area contributed by atoms with Gasteiger partial charge in [-0.2, -0.15) is 21.9 Å². The topological polar surface area (TPSA) is 227 Å². The summed E-state index contributed by atoms with van der Waals surface area (Å²) in [4.78, 5) is 20.4. The number of rotatable bonds is 10. The number of amides is 1. The maximum atomic E-state index is 13.0. The first-order valence-electron chi connectivity index (χ1n) is 12.7. The lowest BCUT2D eigenvalue weighted by molar-refractivity contribution is 0.102. The summed E-state index contributed by atoms with van der Waals surface area (Å²) in [5.41, 5.74) is 0.864. The fraction of sp³-hybridized carbons (Fsp3) is 0.0741. The van der Waals surface area contributed by atoms with Gasteiger partial charge in [-0.1, -0.05) is 23.2 Å². The number of azo groups is 1. The van der Waals surface area contributed by atoms with E-state index in [4.69, 9.17) is 32.5 Å². The van der Waals surface area contributed by atoms with Crippen molar-refractivity contribution in [3.8, 4) is 11.5 Å². The van der Waals surface area contributed by atoms with Crippen LogP contribution in [0.3, 0.4) is 0 Å². The number of nitrogens with one attached hydrogen (secondary N) is 1. The van der Waals surface area contributed by atoms with E-state index in [-0.39, 0.29) is 50.4 Å². The normalized spacial score (nSPS) is 12.2. The van der Waals surface area contributed by atoms with Gasteiger partial charge in [0.25, 0.3) is 16.0 Å². The van der Waals surface area contributed by atoms with Crippen LogP contribution in [0.4, 0.5) is 17.1 Å². The zero-order valence-electron chi connectivity index (χ0n) is 22.8. The summed E-state index contributed by atoms with van der Waals surface area (Å²) in [5.74, 6) is -0.854. The van der Waals surface area contributed by atoms with Gasteiger partial charge in [0.15, 0.2) is 16.1 Å².